The van der Waals surface area contributed by atoms with Gasteiger partial charge in [-0.25, -0.2) is 0 Å². The second kappa shape index (κ2) is 9.60. The van der Waals surface area contributed by atoms with Gasteiger partial charge in [0.05, 0.1) is 30.3 Å². The Kier molecular flexibility index (Phi) is 7.18. The summed E-state index contributed by atoms with van der Waals surface area (Å²) in [7, 11) is 3.18. The zero-order valence-corrected chi connectivity index (χ0v) is 18.0. The number of anilines is 1. The van der Waals surface area contributed by atoms with Crippen molar-refractivity contribution >= 4 is 34.5 Å². The lowest BCUT2D eigenvalue weighted by Crippen LogP contribution is -2.52. The first kappa shape index (κ1) is 20.9. The molecule has 2 aromatic rings. The number of carbonyl (C=O) groups is 1. The van der Waals surface area contributed by atoms with Crippen molar-refractivity contribution in [2.24, 2.45) is 0 Å². The number of hydrogen-bond donors (Lipinski definition) is 1. The number of nitrogens with one attached hydrogen (secondary N) is 1. The molecular formula is C20H26ClN3O3S. The Balaban J connectivity index is 1.54. The quantitative estimate of drug-likeness (QED) is 0.737. The summed E-state index contributed by atoms with van der Waals surface area (Å²) in [4.78, 5) is 18.7. The normalized spacial score (nSPS) is 16.6. The van der Waals surface area contributed by atoms with E-state index < -0.39 is 0 Å². The van der Waals surface area contributed by atoms with E-state index >= 15 is 0 Å². The van der Waals surface area contributed by atoms with Crippen LogP contribution in [0.25, 0.3) is 0 Å². The van der Waals surface area contributed by atoms with Gasteiger partial charge in [0.15, 0.2) is 0 Å². The topological polar surface area (TPSA) is 54.0 Å². The Morgan fingerprint density at radius 2 is 1.93 bits per heavy atom. The molecule has 0 unspecified atom stereocenters. The Bertz CT molecular complexity index is 806. The summed E-state index contributed by atoms with van der Waals surface area (Å²) in [6, 6.07) is 9.16. The number of ether oxygens (including phenoxy) is 2. The number of rotatable bonds is 7. The summed E-state index contributed by atoms with van der Waals surface area (Å²) in [5.74, 6) is 1.23. The van der Waals surface area contributed by atoms with E-state index in [1.165, 1.54) is 4.88 Å². The van der Waals surface area contributed by atoms with Crippen LogP contribution in [-0.4, -0.2) is 62.1 Å². The standard InChI is InChI=1S/C20H26ClN3O3S/c1-14(20(25)22-17-12-15(26-2)4-6-18(17)27-3)24-10-8-23(9-11-24)13-16-5-7-19(21)28-16/h4-7,12,14H,8-11,13H2,1-3H3,(H,22,25)/t14-/m1/s1. The summed E-state index contributed by atoms with van der Waals surface area (Å²) in [5, 5.41) is 2.97. The van der Waals surface area contributed by atoms with Crippen LogP contribution < -0.4 is 14.8 Å². The van der Waals surface area contributed by atoms with Gasteiger partial charge >= 0.3 is 0 Å². The van der Waals surface area contributed by atoms with Crippen molar-refractivity contribution in [3.8, 4) is 11.5 Å². The van der Waals surface area contributed by atoms with Crippen molar-refractivity contribution in [1.82, 2.24) is 9.80 Å². The second-order valence-corrected chi connectivity index (χ2v) is 8.55. The molecule has 1 amide bonds. The smallest absolute Gasteiger partial charge is 0.241 e. The van der Waals surface area contributed by atoms with Gasteiger partial charge in [-0.15, -0.1) is 11.3 Å². The van der Waals surface area contributed by atoms with Crippen molar-refractivity contribution in [3.63, 3.8) is 0 Å². The van der Waals surface area contributed by atoms with Gasteiger partial charge in [-0.2, -0.15) is 0 Å². The molecule has 0 bridgehead atoms. The molecule has 0 saturated carbocycles. The van der Waals surface area contributed by atoms with E-state index in [4.69, 9.17) is 21.1 Å². The zero-order chi connectivity index (χ0) is 20.1. The van der Waals surface area contributed by atoms with Gasteiger partial charge in [-0.05, 0) is 31.2 Å². The van der Waals surface area contributed by atoms with E-state index in [2.05, 4.69) is 21.2 Å². The first-order chi connectivity index (χ1) is 13.5. The van der Waals surface area contributed by atoms with E-state index in [1.807, 2.05) is 13.0 Å². The number of hydrogen-bond acceptors (Lipinski definition) is 6. The van der Waals surface area contributed by atoms with Gasteiger partial charge < -0.3 is 14.8 Å². The Labute approximate surface area is 175 Å². The molecule has 0 radical (unpaired) electrons. The lowest BCUT2D eigenvalue weighted by atomic mass is 10.2. The molecule has 1 fully saturated rings. The summed E-state index contributed by atoms with van der Waals surface area (Å²) in [6.45, 7) is 6.40. The molecule has 152 valence electrons. The van der Waals surface area contributed by atoms with Crippen LogP contribution in [0.4, 0.5) is 5.69 Å². The Hall–Kier alpha value is -1.80. The van der Waals surface area contributed by atoms with Crippen LogP contribution in [0, 0.1) is 0 Å². The molecule has 0 spiro atoms. The maximum Gasteiger partial charge on any atom is 0.241 e. The maximum absolute atomic E-state index is 12.8. The van der Waals surface area contributed by atoms with Crippen LogP contribution in [0.5, 0.6) is 11.5 Å². The molecule has 8 heteroatoms. The van der Waals surface area contributed by atoms with Crippen molar-refractivity contribution in [1.29, 1.82) is 0 Å². The number of amides is 1. The average molecular weight is 424 g/mol. The summed E-state index contributed by atoms with van der Waals surface area (Å²) < 4.78 is 11.4. The first-order valence-corrected chi connectivity index (χ1v) is 10.4. The number of halogens is 1. The third kappa shape index (κ3) is 5.17. The van der Waals surface area contributed by atoms with Crippen LogP contribution in [-0.2, 0) is 11.3 Å². The van der Waals surface area contributed by atoms with Gasteiger partial charge in [0.2, 0.25) is 5.91 Å². The van der Waals surface area contributed by atoms with Gasteiger partial charge in [0, 0.05) is 43.7 Å². The molecule has 28 heavy (non-hydrogen) atoms. The fraction of sp³-hybridized carbons (Fsp3) is 0.450. The molecule has 3 rings (SSSR count). The second-order valence-electron chi connectivity index (χ2n) is 6.75. The SMILES string of the molecule is COc1ccc(OC)c(NC(=O)[C@@H](C)N2CCN(Cc3ccc(Cl)s3)CC2)c1. The van der Waals surface area contributed by atoms with E-state index in [-0.39, 0.29) is 11.9 Å². The summed E-state index contributed by atoms with van der Waals surface area (Å²) in [6.07, 6.45) is 0. The largest absolute Gasteiger partial charge is 0.497 e. The fourth-order valence-corrected chi connectivity index (χ4v) is 4.41. The molecule has 1 N–H and O–H groups in total. The minimum Gasteiger partial charge on any atom is -0.497 e. The van der Waals surface area contributed by atoms with Crippen LogP contribution in [0.15, 0.2) is 30.3 Å². The lowest BCUT2D eigenvalue weighted by molar-refractivity contribution is -0.121. The van der Waals surface area contributed by atoms with Crippen LogP contribution in [0.2, 0.25) is 4.34 Å². The molecule has 1 aromatic carbocycles. The highest BCUT2D eigenvalue weighted by Crippen LogP contribution is 2.29. The number of benzene rings is 1. The molecule has 0 aliphatic carbocycles. The van der Waals surface area contributed by atoms with Gasteiger partial charge in [0.25, 0.3) is 0 Å². The average Bonchev–Trinajstić information content (AvgIpc) is 3.12. The first-order valence-electron chi connectivity index (χ1n) is 9.23. The number of thiophene rings is 1. The highest BCUT2D eigenvalue weighted by molar-refractivity contribution is 7.16. The molecule has 2 heterocycles. The Morgan fingerprint density at radius 1 is 1.18 bits per heavy atom. The molecular weight excluding hydrogens is 398 g/mol. The third-order valence-corrected chi connectivity index (χ3v) is 6.22. The van der Waals surface area contributed by atoms with Crippen molar-refractivity contribution in [2.45, 2.75) is 19.5 Å². The fourth-order valence-electron chi connectivity index (χ4n) is 3.28. The van der Waals surface area contributed by atoms with E-state index in [1.54, 1.807) is 43.8 Å². The molecule has 1 aromatic heterocycles. The summed E-state index contributed by atoms with van der Waals surface area (Å²) >= 11 is 7.64. The lowest BCUT2D eigenvalue weighted by Gasteiger charge is -2.37. The number of nitrogens with zero attached hydrogens (tertiary/aromatic N) is 2. The van der Waals surface area contributed by atoms with Crippen LogP contribution in [0.1, 0.15) is 11.8 Å². The predicted molar refractivity (Wildman–Crippen MR) is 114 cm³/mol. The van der Waals surface area contributed by atoms with Gasteiger partial charge in [-0.3, -0.25) is 14.6 Å². The highest BCUT2D eigenvalue weighted by Gasteiger charge is 2.26. The van der Waals surface area contributed by atoms with Crippen molar-refractivity contribution < 1.29 is 14.3 Å². The third-order valence-electron chi connectivity index (χ3n) is 5.01. The highest BCUT2D eigenvalue weighted by atomic mass is 35.5. The van der Waals surface area contributed by atoms with Crippen LogP contribution in [0.3, 0.4) is 0 Å². The predicted octanol–water partition coefficient (Wildman–Crippen LogP) is 3.56. The zero-order valence-electron chi connectivity index (χ0n) is 16.4. The molecule has 1 atom stereocenters. The summed E-state index contributed by atoms with van der Waals surface area (Å²) in [5.41, 5.74) is 0.618. The molecule has 1 aliphatic heterocycles. The van der Waals surface area contributed by atoms with E-state index in [9.17, 15) is 4.79 Å². The monoisotopic (exact) mass is 423 g/mol. The maximum atomic E-state index is 12.8. The minimum atomic E-state index is -0.228. The van der Waals surface area contributed by atoms with E-state index in [0.717, 1.165) is 37.1 Å². The van der Waals surface area contributed by atoms with Gasteiger partial charge in [0.1, 0.15) is 11.5 Å². The molecule has 1 saturated heterocycles. The molecule has 1 aliphatic rings. The molecule has 6 nitrogen and oxygen atoms in total. The van der Waals surface area contributed by atoms with Gasteiger partial charge in [-0.1, -0.05) is 11.6 Å². The van der Waals surface area contributed by atoms with E-state index in [0.29, 0.717) is 17.2 Å². The number of piperazine rings is 1. The van der Waals surface area contributed by atoms with Crippen LogP contribution >= 0.6 is 22.9 Å². The minimum absolute atomic E-state index is 0.0509. The number of carbonyl (C=O) groups excluding carboxylic acids is 1. The number of methoxy groups -OCH3 is 2. The van der Waals surface area contributed by atoms with Crippen molar-refractivity contribution in [2.75, 3.05) is 45.7 Å². The Morgan fingerprint density at radius 3 is 2.54 bits per heavy atom. The van der Waals surface area contributed by atoms with Crippen molar-refractivity contribution in [3.05, 3.63) is 39.5 Å².